The molecule has 1 heterocycles. The standard InChI is InChI=1S/C12H9NO4/c13-6-10(15)12(16)7-1-2-11-8(5-7)9(14)3-4-17-11/h1-5,10,12,15-16H. The van der Waals surface area contributed by atoms with Crippen molar-refractivity contribution < 1.29 is 14.6 Å². The van der Waals surface area contributed by atoms with Crippen LogP contribution < -0.4 is 5.43 Å². The monoisotopic (exact) mass is 231 g/mol. The summed E-state index contributed by atoms with van der Waals surface area (Å²) in [6.45, 7) is 0. The van der Waals surface area contributed by atoms with E-state index in [0.29, 0.717) is 16.5 Å². The van der Waals surface area contributed by atoms with E-state index in [1.807, 2.05) is 0 Å². The van der Waals surface area contributed by atoms with Crippen LogP contribution in [-0.2, 0) is 0 Å². The van der Waals surface area contributed by atoms with Crippen LogP contribution in [0.1, 0.15) is 11.7 Å². The van der Waals surface area contributed by atoms with E-state index in [-0.39, 0.29) is 5.43 Å². The maximum Gasteiger partial charge on any atom is 0.192 e. The number of hydrogen-bond donors (Lipinski definition) is 2. The molecule has 5 heteroatoms. The molecule has 2 rings (SSSR count). The van der Waals surface area contributed by atoms with Crippen LogP contribution in [0.2, 0.25) is 0 Å². The first-order valence-electron chi connectivity index (χ1n) is 4.90. The van der Waals surface area contributed by atoms with E-state index < -0.39 is 12.2 Å². The van der Waals surface area contributed by atoms with Crippen LogP contribution in [-0.4, -0.2) is 16.3 Å². The molecule has 0 radical (unpaired) electrons. The molecule has 0 bridgehead atoms. The third kappa shape index (κ3) is 2.04. The lowest BCUT2D eigenvalue weighted by atomic mass is 10.0. The summed E-state index contributed by atoms with van der Waals surface area (Å²) in [4.78, 5) is 11.5. The van der Waals surface area contributed by atoms with Gasteiger partial charge in [0.1, 0.15) is 11.7 Å². The maximum atomic E-state index is 11.5. The quantitative estimate of drug-likeness (QED) is 0.742. The Hall–Kier alpha value is -2.16. The van der Waals surface area contributed by atoms with Gasteiger partial charge >= 0.3 is 0 Å². The average Bonchev–Trinajstić information content (AvgIpc) is 2.37. The Labute approximate surface area is 96.2 Å². The van der Waals surface area contributed by atoms with Gasteiger partial charge in [0.15, 0.2) is 11.5 Å². The van der Waals surface area contributed by atoms with Crippen LogP contribution in [0.25, 0.3) is 11.0 Å². The molecule has 2 N–H and O–H groups in total. The molecule has 2 atom stereocenters. The maximum absolute atomic E-state index is 11.5. The number of hydrogen-bond acceptors (Lipinski definition) is 5. The summed E-state index contributed by atoms with van der Waals surface area (Å²) in [5.41, 5.74) is 0.441. The Morgan fingerprint density at radius 1 is 1.29 bits per heavy atom. The zero-order valence-electron chi connectivity index (χ0n) is 8.70. The van der Waals surface area contributed by atoms with Crippen molar-refractivity contribution in [1.82, 2.24) is 0 Å². The highest BCUT2D eigenvalue weighted by Crippen LogP contribution is 2.20. The van der Waals surface area contributed by atoms with Gasteiger partial charge in [-0.2, -0.15) is 5.26 Å². The lowest BCUT2D eigenvalue weighted by molar-refractivity contribution is 0.0529. The van der Waals surface area contributed by atoms with Gasteiger partial charge in [0, 0.05) is 6.07 Å². The Balaban J connectivity index is 2.56. The Kier molecular flexibility index (Phi) is 2.91. The van der Waals surface area contributed by atoms with Crippen molar-refractivity contribution in [2.75, 3.05) is 0 Å². The van der Waals surface area contributed by atoms with Crippen molar-refractivity contribution in [3.63, 3.8) is 0 Å². The zero-order valence-corrected chi connectivity index (χ0v) is 8.70. The Bertz CT molecular complexity index is 641. The highest BCUT2D eigenvalue weighted by atomic mass is 16.3. The Morgan fingerprint density at radius 2 is 2.06 bits per heavy atom. The molecule has 0 fully saturated rings. The number of nitrogens with zero attached hydrogens (tertiary/aromatic N) is 1. The minimum Gasteiger partial charge on any atom is -0.464 e. The summed E-state index contributed by atoms with van der Waals surface area (Å²) in [5, 5.41) is 27.6. The number of rotatable bonds is 2. The van der Waals surface area contributed by atoms with E-state index in [9.17, 15) is 15.0 Å². The summed E-state index contributed by atoms with van der Waals surface area (Å²) < 4.78 is 5.10. The molecule has 0 aliphatic carbocycles. The second-order valence-electron chi connectivity index (χ2n) is 3.56. The first kappa shape index (κ1) is 11.3. The fourth-order valence-electron chi connectivity index (χ4n) is 1.54. The molecule has 17 heavy (non-hydrogen) atoms. The van der Waals surface area contributed by atoms with Crippen LogP contribution in [0.3, 0.4) is 0 Å². The third-order valence-electron chi connectivity index (χ3n) is 2.46. The Morgan fingerprint density at radius 3 is 2.76 bits per heavy atom. The van der Waals surface area contributed by atoms with Gasteiger partial charge in [-0.1, -0.05) is 6.07 Å². The summed E-state index contributed by atoms with van der Waals surface area (Å²) in [5.74, 6) is 0. The number of benzene rings is 1. The fraction of sp³-hybridized carbons (Fsp3) is 0.167. The lowest BCUT2D eigenvalue weighted by Crippen LogP contribution is -2.16. The molecule has 1 aromatic heterocycles. The van der Waals surface area contributed by atoms with E-state index in [1.165, 1.54) is 36.6 Å². The van der Waals surface area contributed by atoms with E-state index in [1.54, 1.807) is 0 Å². The average molecular weight is 231 g/mol. The molecule has 0 aliphatic heterocycles. The topological polar surface area (TPSA) is 94.5 Å². The van der Waals surface area contributed by atoms with Crippen LogP contribution in [0.5, 0.6) is 0 Å². The fourth-order valence-corrected chi connectivity index (χ4v) is 1.54. The smallest absolute Gasteiger partial charge is 0.192 e. The minimum absolute atomic E-state index is 0.244. The van der Waals surface area contributed by atoms with Crippen LogP contribution in [0.15, 0.2) is 39.7 Å². The first-order valence-corrected chi connectivity index (χ1v) is 4.90. The van der Waals surface area contributed by atoms with Gasteiger partial charge in [0.05, 0.1) is 17.7 Å². The molecule has 1 aromatic carbocycles. The van der Waals surface area contributed by atoms with Crippen molar-refractivity contribution in [3.05, 3.63) is 46.3 Å². The molecule has 0 amide bonds. The van der Waals surface area contributed by atoms with Crippen molar-refractivity contribution in [2.24, 2.45) is 0 Å². The van der Waals surface area contributed by atoms with Gasteiger partial charge in [0.25, 0.3) is 0 Å². The number of aliphatic hydroxyl groups excluding tert-OH is 2. The molecular weight excluding hydrogens is 222 g/mol. The predicted molar refractivity (Wildman–Crippen MR) is 59.1 cm³/mol. The molecule has 2 aromatic rings. The molecule has 0 saturated carbocycles. The molecule has 5 nitrogen and oxygen atoms in total. The van der Waals surface area contributed by atoms with Crippen molar-refractivity contribution >= 4 is 11.0 Å². The highest BCUT2D eigenvalue weighted by Gasteiger charge is 2.18. The van der Waals surface area contributed by atoms with E-state index in [0.717, 1.165) is 0 Å². The SMILES string of the molecule is N#CC(O)C(O)c1ccc2occc(=O)c2c1. The van der Waals surface area contributed by atoms with Gasteiger partial charge in [-0.25, -0.2) is 0 Å². The molecular formula is C12H9NO4. The molecule has 0 spiro atoms. The van der Waals surface area contributed by atoms with Crippen molar-refractivity contribution in [3.8, 4) is 6.07 Å². The van der Waals surface area contributed by atoms with Gasteiger partial charge < -0.3 is 14.6 Å². The third-order valence-corrected chi connectivity index (χ3v) is 2.46. The van der Waals surface area contributed by atoms with Crippen molar-refractivity contribution in [1.29, 1.82) is 5.26 Å². The second-order valence-corrected chi connectivity index (χ2v) is 3.56. The summed E-state index contributed by atoms with van der Waals surface area (Å²) in [7, 11) is 0. The van der Waals surface area contributed by atoms with Crippen LogP contribution in [0.4, 0.5) is 0 Å². The zero-order chi connectivity index (χ0) is 12.4. The molecule has 2 unspecified atom stereocenters. The summed E-state index contributed by atoms with van der Waals surface area (Å²) in [6, 6.07) is 7.21. The van der Waals surface area contributed by atoms with Gasteiger partial charge in [-0.05, 0) is 17.7 Å². The largest absolute Gasteiger partial charge is 0.464 e. The number of aliphatic hydroxyl groups is 2. The normalized spacial score (nSPS) is 14.2. The van der Waals surface area contributed by atoms with Crippen molar-refractivity contribution in [2.45, 2.75) is 12.2 Å². The number of fused-ring (bicyclic) bond motifs is 1. The summed E-state index contributed by atoms with van der Waals surface area (Å²) in [6.07, 6.45) is -1.59. The second kappa shape index (κ2) is 4.37. The van der Waals surface area contributed by atoms with Crippen LogP contribution >= 0.6 is 0 Å². The van der Waals surface area contributed by atoms with Gasteiger partial charge in [-0.3, -0.25) is 4.79 Å². The van der Waals surface area contributed by atoms with Gasteiger partial charge in [0.2, 0.25) is 0 Å². The van der Waals surface area contributed by atoms with Gasteiger partial charge in [-0.15, -0.1) is 0 Å². The predicted octanol–water partition coefficient (Wildman–Crippen LogP) is 0.711. The summed E-state index contributed by atoms with van der Waals surface area (Å²) >= 11 is 0. The van der Waals surface area contributed by atoms with E-state index in [4.69, 9.17) is 9.68 Å². The molecule has 86 valence electrons. The molecule has 0 aliphatic rings. The molecule has 0 saturated heterocycles. The highest BCUT2D eigenvalue weighted by molar-refractivity contribution is 5.77. The lowest BCUT2D eigenvalue weighted by Gasteiger charge is -2.11. The number of nitriles is 1. The van der Waals surface area contributed by atoms with E-state index in [2.05, 4.69) is 0 Å². The van der Waals surface area contributed by atoms with E-state index >= 15 is 0 Å². The first-order chi connectivity index (χ1) is 8.13. The van der Waals surface area contributed by atoms with Crippen LogP contribution in [0, 0.1) is 11.3 Å². The minimum atomic E-state index is -1.52.